The summed E-state index contributed by atoms with van der Waals surface area (Å²) in [6.07, 6.45) is 3.47. The summed E-state index contributed by atoms with van der Waals surface area (Å²) in [6, 6.07) is 11.5. The smallest absolute Gasteiger partial charge is 0.261 e. The van der Waals surface area contributed by atoms with Crippen LogP contribution in [0.3, 0.4) is 0 Å². The Balaban J connectivity index is 1.43. The van der Waals surface area contributed by atoms with Gasteiger partial charge in [0.2, 0.25) is 0 Å². The van der Waals surface area contributed by atoms with Gasteiger partial charge in [0.25, 0.3) is 11.5 Å². The number of benzene rings is 2. The summed E-state index contributed by atoms with van der Waals surface area (Å²) < 4.78 is 1.68. The number of amides is 1. The van der Waals surface area contributed by atoms with Crippen LogP contribution in [0.2, 0.25) is 0 Å². The number of carbonyl (C=O) groups excluding carboxylic acids is 1. The van der Waals surface area contributed by atoms with Crippen molar-refractivity contribution in [3.05, 3.63) is 73.1 Å². The minimum atomic E-state index is -0.281. The average molecular weight is 449 g/mol. The van der Waals surface area contributed by atoms with Gasteiger partial charge in [-0.15, -0.1) is 11.3 Å². The van der Waals surface area contributed by atoms with Crippen molar-refractivity contribution in [2.24, 2.45) is 7.05 Å². The Hall–Kier alpha value is -3.10. The monoisotopic (exact) mass is 448 g/mol. The van der Waals surface area contributed by atoms with Gasteiger partial charge in [-0.3, -0.25) is 19.5 Å². The molecule has 4 aromatic rings. The molecule has 1 aliphatic rings. The number of nitrogens with one attached hydrogen (secondary N) is 2. The van der Waals surface area contributed by atoms with Crippen LogP contribution in [0.25, 0.3) is 22.2 Å². The quantitative estimate of drug-likeness (QED) is 0.443. The van der Waals surface area contributed by atoms with Gasteiger partial charge in [-0.1, -0.05) is 12.1 Å². The van der Waals surface area contributed by atoms with Crippen LogP contribution in [0.15, 0.2) is 41.2 Å². The summed E-state index contributed by atoms with van der Waals surface area (Å²) in [5.74, 6) is -0.281. The Labute approximate surface area is 187 Å². The molecule has 156 valence electrons. The van der Waals surface area contributed by atoms with E-state index < -0.39 is 0 Å². The maximum Gasteiger partial charge on any atom is 0.261 e. The van der Waals surface area contributed by atoms with Crippen molar-refractivity contribution in [1.82, 2.24) is 14.5 Å². The van der Waals surface area contributed by atoms with E-state index >= 15 is 0 Å². The number of carbonyl (C=O) groups is 1. The lowest BCUT2D eigenvalue weighted by atomic mass is 10.0. The maximum absolute atomic E-state index is 12.8. The zero-order chi connectivity index (χ0) is 21.7. The fourth-order valence-electron chi connectivity index (χ4n) is 4.05. The van der Waals surface area contributed by atoms with Gasteiger partial charge in [0.15, 0.2) is 9.90 Å². The van der Waals surface area contributed by atoms with Crippen molar-refractivity contribution < 1.29 is 4.79 Å². The van der Waals surface area contributed by atoms with Gasteiger partial charge in [-0.25, -0.2) is 4.98 Å². The number of hydrogen-bond acceptors (Lipinski definition) is 5. The Bertz CT molecular complexity index is 1480. The highest BCUT2D eigenvalue weighted by Crippen LogP contribution is 2.33. The first-order valence-corrected chi connectivity index (χ1v) is 11.3. The van der Waals surface area contributed by atoms with Crippen molar-refractivity contribution in [1.29, 1.82) is 0 Å². The first-order chi connectivity index (χ1) is 14.9. The number of hydrogen-bond donors (Lipinski definition) is 2. The highest BCUT2D eigenvalue weighted by Gasteiger charge is 2.17. The van der Waals surface area contributed by atoms with E-state index in [-0.39, 0.29) is 11.5 Å². The van der Waals surface area contributed by atoms with E-state index in [9.17, 15) is 9.59 Å². The fraction of sp³-hybridized carbons (Fsp3) is 0.217. The molecule has 0 saturated carbocycles. The third kappa shape index (κ3) is 3.51. The fourth-order valence-corrected chi connectivity index (χ4v) is 5.08. The Morgan fingerprint density at radius 1 is 1.19 bits per heavy atom. The number of nitrogens with zero attached hydrogens (tertiary/aromatic N) is 2. The number of H-pyrrole nitrogens is 1. The molecule has 0 atom stereocenters. The van der Waals surface area contributed by atoms with Crippen molar-refractivity contribution in [2.45, 2.75) is 26.2 Å². The van der Waals surface area contributed by atoms with Gasteiger partial charge < -0.3 is 4.98 Å². The molecule has 2 aromatic heterocycles. The van der Waals surface area contributed by atoms with Gasteiger partial charge in [0.1, 0.15) is 0 Å². The Morgan fingerprint density at radius 2 is 2.00 bits per heavy atom. The number of rotatable bonds is 3. The zero-order valence-electron chi connectivity index (χ0n) is 17.1. The van der Waals surface area contributed by atoms with Crippen LogP contribution in [-0.2, 0) is 19.9 Å². The number of thiazole rings is 1. The van der Waals surface area contributed by atoms with Gasteiger partial charge >= 0.3 is 0 Å². The normalized spacial score (nSPS) is 12.8. The van der Waals surface area contributed by atoms with E-state index in [4.69, 9.17) is 12.2 Å². The number of anilines is 1. The van der Waals surface area contributed by atoms with Crippen molar-refractivity contribution in [3.8, 4) is 11.3 Å². The summed E-state index contributed by atoms with van der Waals surface area (Å²) in [5, 5.41) is 3.93. The molecule has 0 saturated heterocycles. The predicted molar refractivity (Wildman–Crippen MR) is 127 cm³/mol. The summed E-state index contributed by atoms with van der Waals surface area (Å²) in [5.41, 5.74) is 5.59. The van der Waals surface area contributed by atoms with Gasteiger partial charge in [-0.05, 0) is 73.8 Å². The summed E-state index contributed by atoms with van der Waals surface area (Å²) in [4.78, 5) is 33.9. The van der Waals surface area contributed by atoms with Gasteiger partial charge in [0, 0.05) is 23.1 Å². The molecule has 0 radical (unpaired) electrons. The zero-order valence-corrected chi connectivity index (χ0v) is 18.7. The van der Waals surface area contributed by atoms with Crippen LogP contribution in [0.5, 0.6) is 0 Å². The summed E-state index contributed by atoms with van der Waals surface area (Å²) >= 11 is 6.63. The van der Waals surface area contributed by atoms with Gasteiger partial charge in [-0.2, -0.15) is 0 Å². The molecule has 8 heteroatoms. The maximum atomic E-state index is 12.8. The standard InChI is InChI=1S/C23H20N4O2S2/c1-12-19(15-7-6-13-4-3-5-14(13)10-15)25-22(31-12)26-20(28)16-8-9-17-18(11-16)24-23(30)27(2)21(17)29/h6-11H,3-5H2,1-2H3,(H,24,30)(H,25,26,28). The molecule has 2 aromatic carbocycles. The lowest BCUT2D eigenvalue weighted by Crippen LogP contribution is -2.19. The molecule has 1 amide bonds. The summed E-state index contributed by atoms with van der Waals surface area (Å²) in [6.45, 7) is 2.02. The molecule has 1 aliphatic carbocycles. The number of aryl methyl sites for hydroxylation is 3. The molecule has 0 fully saturated rings. The van der Waals surface area contributed by atoms with E-state index in [0.717, 1.165) is 29.0 Å². The Kier molecular flexibility index (Phi) is 4.83. The van der Waals surface area contributed by atoms with Crippen LogP contribution < -0.4 is 10.9 Å². The number of aromatic nitrogens is 3. The second-order valence-corrected chi connectivity index (χ2v) is 9.36. The van der Waals surface area contributed by atoms with Crippen LogP contribution in [0.4, 0.5) is 5.13 Å². The highest BCUT2D eigenvalue weighted by atomic mass is 32.1. The molecule has 6 nitrogen and oxygen atoms in total. The minimum absolute atomic E-state index is 0.194. The van der Waals surface area contributed by atoms with Gasteiger partial charge in [0.05, 0.1) is 16.6 Å². The molecule has 0 unspecified atom stereocenters. The molecular formula is C23H20N4O2S2. The Morgan fingerprint density at radius 3 is 2.84 bits per heavy atom. The second kappa shape index (κ2) is 7.55. The molecule has 2 heterocycles. The van der Waals surface area contributed by atoms with Crippen LogP contribution in [-0.4, -0.2) is 20.4 Å². The minimum Gasteiger partial charge on any atom is -0.332 e. The first kappa shape index (κ1) is 19.8. The first-order valence-electron chi connectivity index (χ1n) is 10.0. The number of fused-ring (bicyclic) bond motifs is 2. The van der Waals surface area contributed by atoms with E-state index in [2.05, 4.69) is 33.5 Å². The third-order valence-corrected chi connectivity index (χ3v) is 7.01. The summed E-state index contributed by atoms with van der Waals surface area (Å²) in [7, 11) is 1.62. The SMILES string of the molecule is Cc1sc(NC(=O)c2ccc3c(=O)n(C)c(=S)[nH]c3c2)nc1-c1ccc2c(c1)CCC2. The lowest BCUT2D eigenvalue weighted by molar-refractivity contribution is 0.102. The molecule has 5 rings (SSSR count). The van der Waals surface area contributed by atoms with E-state index in [1.807, 2.05) is 6.92 Å². The van der Waals surface area contributed by atoms with Crippen molar-refractivity contribution >= 4 is 45.5 Å². The molecule has 0 bridgehead atoms. The van der Waals surface area contributed by atoms with Crippen LogP contribution in [0.1, 0.15) is 32.8 Å². The molecule has 0 aliphatic heterocycles. The van der Waals surface area contributed by atoms with E-state index in [1.54, 1.807) is 25.2 Å². The largest absolute Gasteiger partial charge is 0.332 e. The lowest BCUT2D eigenvalue weighted by Gasteiger charge is -2.06. The second-order valence-electron chi connectivity index (χ2n) is 7.77. The van der Waals surface area contributed by atoms with Crippen LogP contribution >= 0.6 is 23.6 Å². The number of aromatic amines is 1. The van der Waals surface area contributed by atoms with E-state index in [1.165, 1.54) is 33.5 Å². The van der Waals surface area contributed by atoms with Crippen molar-refractivity contribution in [2.75, 3.05) is 5.32 Å². The molecule has 31 heavy (non-hydrogen) atoms. The predicted octanol–water partition coefficient (Wildman–Crippen LogP) is 4.77. The molecule has 2 N–H and O–H groups in total. The van der Waals surface area contributed by atoms with Crippen LogP contribution in [0, 0.1) is 11.7 Å². The average Bonchev–Trinajstić information content (AvgIpc) is 3.37. The molecule has 0 spiro atoms. The third-order valence-electron chi connectivity index (χ3n) is 5.75. The van der Waals surface area contributed by atoms with Crippen molar-refractivity contribution in [3.63, 3.8) is 0 Å². The highest BCUT2D eigenvalue weighted by molar-refractivity contribution is 7.71. The molecular weight excluding hydrogens is 428 g/mol. The topological polar surface area (TPSA) is 79.8 Å². The van der Waals surface area contributed by atoms with E-state index in [0.29, 0.717) is 26.4 Å².